The standard InChI is InChI=1S/C22H23N5O2/c28-21(26-29)19-7-6-17-9-12-27(13-10-18(17)14-19)22-23-11-8-20(25-22)24-15-16-4-2-1-3-5-16/h1-8,11,14,29H,9-10,12-13,15H2,(H,26,28)(H,23,24,25). The Balaban J connectivity index is 1.44. The van der Waals surface area contributed by atoms with Crippen LogP contribution >= 0.6 is 0 Å². The van der Waals surface area contributed by atoms with Crippen molar-refractivity contribution in [3.05, 3.63) is 83.0 Å². The maximum absolute atomic E-state index is 11.7. The van der Waals surface area contributed by atoms with Gasteiger partial charge in [-0.3, -0.25) is 10.0 Å². The lowest BCUT2D eigenvalue weighted by atomic mass is 10.00. The van der Waals surface area contributed by atoms with Crippen molar-refractivity contribution in [2.45, 2.75) is 19.4 Å². The number of rotatable bonds is 5. The second kappa shape index (κ2) is 8.70. The summed E-state index contributed by atoms with van der Waals surface area (Å²) >= 11 is 0. The first-order valence-electron chi connectivity index (χ1n) is 9.65. The Morgan fingerprint density at radius 2 is 1.83 bits per heavy atom. The first kappa shape index (κ1) is 18.9. The average Bonchev–Trinajstić information content (AvgIpc) is 3.00. The van der Waals surface area contributed by atoms with E-state index in [9.17, 15) is 4.79 Å². The van der Waals surface area contributed by atoms with Gasteiger partial charge in [-0.2, -0.15) is 4.98 Å². The number of nitrogens with one attached hydrogen (secondary N) is 2. The number of fused-ring (bicyclic) bond motifs is 1. The van der Waals surface area contributed by atoms with E-state index < -0.39 is 5.91 Å². The zero-order chi connectivity index (χ0) is 20.1. The summed E-state index contributed by atoms with van der Waals surface area (Å²) in [5.74, 6) is 1.00. The summed E-state index contributed by atoms with van der Waals surface area (Å²) in [6.45, 7) is 2.28. The van der Waals surface area contributed by atoms with Crippen molar-refractivity contribution in [1.29, 1.82) is 0 Å². The van der Waals surface area contributed by atoms with Crippen molar-refractivity contribution in [2.24, 2.45) is 0 Å². The van der Waals surface area contributed by atoms with E-state index >= 15 is 0 Å². The van der Waals surface area contributed by atoms with Crippen LogP contribution in [0.25, 0.3) is 0 Å². The number of hydrogen-bond donors (Lipinski definition) is 3. The summed E-state index contributed by atoms with van der Waals surface area (Å²) in [7, 11) is 0. The smallest absolute Gasteiger partial charge is 0.274 e. The van der Waals surface area contributed by atoms with Crippen LogP contribution in [0.3, 0.4) is 0 Å². The third kappa shape index (κ3) is 4.52. The molecule has 0 fully saturated rings. The highest BCUT2D eigenvalue weighted by Gasteiger charge is 2.18. The van der Waals surface area contributed by atoms with E-state index in [2.05, 4.69) is 32.3 Å². The summed E-state index contributed by atoms with van der Waals surface area (Å²) in [5.41, 5.74) is 5.67. The fourth-order valence-corrected chi connectivity index (χ4v) is 3.52. The SMILES string of the molecule is O=C(NO)c1ccc2c(c1)CCN(c1nccc(NCc3ccccc3)n1)CC2. The molecule has 1 aromatic heterocycles. The highest BCUT2D eigenvalue weighted by molar-refractivity contribution is 5.93. The summed E-state index contributed by atoms with van der Waals surface area (Å²) in [6.07, 6.45) is 3.41. The van der Waals surface area contributed by atoms with Gasteiger partial charge in [0.25, 0.3) is 5.91 Å². The fraction of sp³-hybridized carbons (Fsp3) is 0.227. The van der Waals surface area contributed by atoms with Gasteiger partial charge >= 0.3 is 0 Å². The van der Waals surface area contributed by atoms with Gasteiger partial charge < -0.3 is 10.2 Å². The van der Waals surface area contributed by atoms with Crippen LogP contribution in [0, 0.1) is 0 Å². The number of aromatic nitrogens is 2. The molecular formula is C22H23N5O2. The number of hydrogen-bond acceptors (Lipinski definition) is 6. The molecule has 1 aliphatic heterocycles. The fourth-order valence-electron chi connectivity index (χ4n) is 3.52. The molecule has 7 nitrogen and oxygen atoms in total. The lowest BCUT2D eigenvalue weighted by Gasteiger charge is -2.20. The number of nitrogens with zero attached hydrogens (tertiary/aromatic N) is 3. The Morgan fingerprint density at radius 3 is 2.62 bits per heavy atom. The molecule has 7 heteroatoms. The minimum absolute atomic E-state index is 0.461. The summed E-state index contributed by atoms with van der Waals surface area (Å²) in [5, 5.41) is 12.2. The molecule has 29 heavy (non-hydrogen) atoms. The van der Waals surface area contributed by atoms with E-state index in [0.717, 1.165) is 37.3 Å². The van der Waals surface area contributed by atoms with E-state index in [0.29, 0.717) is 18.1 Å². The van der Waals surface area contributed by atoms with Gasteiger partial charge in [0.05, 0.1) is 0 Å². The van der Waals surface area contributed by atoms with Crippen molar-refractivity contribution in [2.75, 3.05) is 23.3 Å². The molecule has 2 heterocycles. The van der Waals surface area contributed by atoms with Gasteiger partial charge in [0.1, 0.15) is 5.82 Å². The largest absolute Gasteiger partial charge is 0.366 e. The second-order valence-electron chi connectivity index (χ2n) is 6.99. The molecule has 0 bridgehead atoms. The first-order chi connectivity index (χ1) is 14.2. The lowest BCUT2D eigenvalue weighted by Crippen LogP contribution is -2.28. The monoisotopic (exact) mass is 389 g/mol. The van der Waals surface area contributed by atoms with Crippen LogP contribution in [0.5, 0.6) is 0 Å². The molecule has 1 amide bonds. The van der Waals surface area contributed by atoms with Gasteiger partial charge in [-0.05, 0) is 47.7 Å². The van der Waals surface area contributed by atoms with E-state index in [4.69, 9.17) is 5.21 Å². The molecule has 4 rings (SSSR count). The molecule has 0 radical (unpaired) electrons. The lowest BCUT2D eigenvalue weighted by molar-refractivity contribution is 0.0706. The zero-order valence-corrected chi connectivity index (χ0v) is 16.0. The van der Waals surface area contributed by atoms with Crippen LogP contribution in [-0.2, 0) is 19.4 Å². The van der Waals surface area contributed by atoms with Gasteiger partial charge in [-0.25, -0.2) is 10.5 Å². The predicted molar refractivity (Wildman–Crippen MR) is 111 cm³/mol. The van der Waals surface area contributed by atoms with Gasteiger partial charge in [0.15, 0.2) is 0 Å². The highest BCUT2D eigenvalue weighted by atomic mass is 16.5. The van der Waals surface area contributed by atoms with E-state index in [-0.39, 0.29) is 0 Å². The van der Waals surface area contributed by atoms with Crippen LogP contribution in [0.1, 0.15) is 27.0 Å². The minimum atomic E-state index is -0.491. The van der Waals surface area contributed by atoms with E-state index in [1.807, 2.05) is 36.4 Å². The topological polar surface area (TPSA) is 90.4 Å². The van der Waals surface area contributed by atoms with Gasteiger partial charge in [0.2, 0.25) is 5.95 Å². The molecule has 0 atom stereocenters. The first-order valence-corrected chi connectivity index (χ1v) is 9.65. The van der Waals surface area contributed by atoms with Crippen LogP contribution in [0.2, 0.25) is 0 Å². The molecule has 3 aromatic rings. The van der Waals surface area contributed by atoms with Crippen molar-refractivity contribution in [3.63, 3.8) is 0 Å². The number of hydroxylamine groups is 1. The Morgan fingerprint density at radius 1 is 1.03 bits per heavy atom. The summed E-state index contributed by atoms with van der Waals surface area (Å²) < 4.78 is 0. The number of anilines is 2. The van der Waals surface area contributed by atoms with Crippen molar-refractivity contribution in [1.82, 2.24) is 15.4 Å². The Hall–Kier alpha value is -3.45. The molecule has 0 saturated heterocycles. The minimum Gasteiger partial charge on any atom is -0.366 e. The molecule has 0 aliphatic carbocycles. The van der Waals surface area contributed by atoms with Crippen LogP contribution in [0.15, 0.2) is 60.8 Å². The number of carbonyl (C=O) groups is 1. The highest BCUT2D eigenvalue weighted by Crippen LogP contribution is 2.21. The number of amides is 1. The van der Waals surface area contributed by atoms with Crippen LogP contribution < -0.4 is 15.7 Å². The van der Waals surface area contributed by atoms with Crippen LogP contribution in [-0.4, -0.2) is 34.2 Å². The zero-order valence-electron chi connectivity index (χ0n) is 16.0. The Labute approximate surface area is 169 Å². The third-order valence-corrected chi connectivity index (χ3v) is 5.11. The third-order valence-electron chi connectivity index (χ3n) is 5.11. The predicted octanol–water partition coefficient (Wildman–Crippen LogP) is 2.81. The van der Waals surface area contributed by atoms with Crippen molar-refractivity contribution in [3.8, 4) is 0 Å². The van der Waals surface area contributed by atoms with Gasteiger partial charge in [-0.1, -0.05) is 36.4 Å². The molecule has 3 N–H and O–H groups in total. The van der Waals surface area contributed by atoms with Gasteiger partial charge in [0, 0.05) is 31.4 Å². The Bertz CT molecular complexity index is 994. The number of carbonyl (C=O) groups excluding carboxylic acids is 1. The maximum atomic E-state index is 11.7. The normalized spacial score (nSPS) is 13.3. The van der Waals surface area contributed by atoms with Gasteiger partial charge in [-0.15, -0.1) is 0 Å². The molecule has 0 unspecified atom stereocenters. The quantitative estimate of drug-likeness (QED) is 0.459. The Kier molecular flexibility index (Phi) is 5.67. The molecule has 0 spiro atoms. The molecule has 0 saturated carbocycles. The molecule has 2 aromatic carbocycles. The van der Waals surface area contributed by atoms with E-state index in [1.54, 1.807) is 17.7 Å². The summed E-state index contributed by atoms with van der Waals surface area (Å²) in [4.78, 5) is 23.0. The number of benzene rings is 2. The molecule has 148 valence electrons. The van der Waals surface area contributed by atoms with Crippen LogP contribution in [0.4, 0.5) is 11.8 Å². The van der Waals surface area contributed by atoms with Crippen molar-refractivity contribution >= 4 is 17.7 Å². The molecule has 1 aliphatic rings. The summed E-state index contributed by atoms with van der Waals surface area (Å²) in [6, 6.07) is 17.6. The molecular weight excluding hydrogens is 366 g/mol. The average molecular weight is 389 g/mol. The second-order valence-corrected chi connectivity index (χ2v) is 6.99. The van der Waals surface area contributed by atoms with Crippen molar-refractivity contribution < 1.29 is 10.0 Å². The van der Waals surface area contributed by atoms with E-state index in [1.165, 1.54) is 11.1 Å². The maximum Gasteiger partial charge on any atom is 0.274 e.